The predicted molar refractivity (Wildman–Crippen MR) is 71.0 cm³/mol. The third kappa shape index (κ3) is 3.21. The molecule has 1 aliphatic rings. The smallest absolute Gasteiger partial charge is 0.261 e. The Labute approximate surface area is 118 Å². The minimum absolute atomic E-state index is 0.177. The molecule has 0 aromatic carbocycles. The fraction of sp³-hybridized carbons (Fsp3) is 0.333. The Bertz CT molecular complexity index is 539. The van der Waals surface area contributed by atoms with E-state index in [0.29, 0.717) is 4.88 Å². The number of hydrogen-bond acceptors (Lipinski definition) is 5. The molecule has 0 saturated carbocycles. The van der Waals surface area contributed by atoms with Crippen LogP contribution in [0, 0.1) is 0 Å². The molecule has 2 rings (SSSR count). The monoisotopic (exact) mass is 295 g/mol. The number of carbonyl (C=O) groups is 4. The molecule has 106 valence electrons. The minimum atomic E-state index is -0.803. The number of imide groups is 1. The molecular weight excluding hydrogens is 282 g/mol. The maximum atomic E-state index is 12.1. The summed E-state index contributed by atoms with van der Waals surface area (Å²) in [5.74, 6) is -1.86. The van der Waals surface area contributed by atoms with Crippen molar-refractivity contribution in [2.45, 2.75) is 13.0 Å². The van der Waals surface area contributed by atoms with Crippen LogP contribution in [0.25, 0.3) is 0 Å². The molecule has 7 nitrogen and oxygen atoms in total. The van der Waals surface area contributed by atoms with Crippen molar-refractivity contribution in [2.75, 3.05) is 13.1 Å². The van der Waals surface area contributed by atoms with Crippen molar-refractivity contribution < 1.29 is 19.2 Å². The Morgan fingerprint density at radius 2 is 2.00 bits per heavy atom. The number of rotatable bonds is 3. The zero-order valence-corrected chi connectivity index (χ0v) is 11.5. The second-order valence-corrected chi connectivity index (χ2v) is 5.29. The van der Waals surface area contributed by atoms with Gasteiger partial charge in [-0.15, -0.1) is 11.3 Å². The van der Waals surface area contributed by atoms with E-state index >= 15 is 0 Å². The zero-order valence-electron chi connectivity index (χ0n) is 10.7. The third-order valence-corrected chi connectivity index (χ3v) is 3.59. The van der Waals surface area contributed by atoms with Gasteiger partial charge in [-0.2, -0.15) is 0 Å². The van der Waals surface area contributed by atoms with Crippen molar-refractivity contribution in [3.8, 4) is 0 Å². The SMILES string of the molecule is CC(NC(=O)c1cccs1)C(=O)N1CC(=O)NC(=O)C1. The fourth-order valence-electron chi connectivity index (χ4n) is 1.80. The van der Waals surface area contributed by atoms with E-state index in [9.17, 15) is 19.2 Å². The number of nitrogens with zero attached hydrogens (tertiary/aromatic N) is 1. The first-order chi connectivity index (χ1) is 9.47. The van der Waals surface area contributed by atoms with Crippen molar-refractivity contribution in [1.29, 1.82) is 0 Å². The van der Waals surface area contributed by atoms with Gasteiger partial charge in [-0.1, -0.05) is 6.07 Å². The summed E-state index contributed by atoms with van der Waals surface area (Å²) < 4.78 is 0. The fourth-order valence-corrected chi connectivity index (χ4v) is 2.43. The minimum Gasteiger partial charge on any atom is -0.340 e. The molecule has 8 heteroatoms. The number of nitrogens with one attached hydrogen (secondary N) is 2. The van der Waals surface area contributed by atoms with Crippen molar-refractivity contribution >= 4 is 35.0 Å². The molecule has 0 bridgehead atoms. The lowest BCUT2D eigenvalue weighted by Gasteiger charge is -2.28. The van der Waals surface area contributed by atoms with Crippen LogP contribution in [0.1, 0.15) is 16.6 Å². The first-order valence-corrected chi connectivity index (χ1v) is 6.81. The van der Waals surface area contributed by atoms with Crippen molar-refractivity contribution in [1.82, 2.24) is 15.5 Å². The lowest BCUT2D eigenvalue weighted by Crippen LogP contribution is -2.57. The molecule has 1 unspecified atom stereocenters. The average molecular weight is 295 g/mol. The molecule has 1 aromatic heterocycles. The highest BCUT2D eigenvalue weighted by Gasteiger charge is 2.29. The normalized spacial score (nSPS) is 16.6. The summed E-state index contributed by atoms with van der Waals surface area (Å²) in [4.78, 5) is 47.9. The molecule has 1 aromatic rings. The van der Waals surface area contributed by atoms with Gasteiger partial charge in [0.05, 0.1) is 4.88 Å². The molecule has 0 radical (unpaired) electrons. The van der Waals surface area contributed by atoms with Gasteiger partial charge in [-0.3, -0.25) is 24.5 Å². The van der Waals surface area contributed by atoms with E-state index in [1.807, 2.05) is 0 Å². The Kier molecular flexibility index (Phi) is 4.14. The van der Waals surface area contributed by atoms with E-state index < -0.39 is 23.8 Å². The van der Waals surface area contributed by atoms with E-state index in [1.165, 1.54) is 18.3 Å². The van der Waals surface area contributed by atoms with Crippen LogP contribution in [-0.2, 0) is 14.4 Å². The maximum Gasteiger partial charge on any atom is 0.261 e. The quantitative estimate of drug-likeness (QED) is 0.724. The summed E-state index contributed by atoms with van der Waals surface area (Å²) in [5.41, 5.74) is 0. The number of piperazine rings is 1. The zero-order chi connectivity index (χ0) is 14.7. The second kappa shape index (κ2) is 5.83. The van der Waals surface area contributed by atoms with Crippen LogP contribution in [0.3, 0.4) is 0 Å². The van der Waals surface area contributed by atoms with E-state index in [-0.39, 0.29) is 19.0 Å². The highest BCUT2D eigenvalue weighted by Crippen LogP contribution is 2.08. The van der Waals surface area contributed by atoms with E-state index in [1.54, 1.807) is 17.5 Å². The molecule has 2 heterocycles. The standard InChI is InChI=1S/C12H13N3O4S/c1-7(13-11(18)8-3-2-4-20-8)12(19)15-5-9(16)14-10(17)6-15/h2-4,7H,5-6H2,1H3,(H,13,18)(H,14,16,17). The molecule has 1 atom stereocenters. The number of amides is 4. The van der Waals surface area contributed by atoms with Crippen molar-refractivity contribution in [3.63, 3.8) is 0 Å². The van der Waals surface area contributed by atoms with Gasteiger partial charge >= 0.3 is 0 Å². The number of thiophene rings is 1. The Hall–Kier alpha value is -2.22. The van der Waals surface area contributed by atoms with Gasteiger partial charge in [-0.05, 0) is 18.4 Å². The Morgan fingerprint density at radius 3 is 2.55 bits per heavy atom. The second-order valence-electron chi connectivity index (χ2n) is 4.34. The molecule has 1 aliphatic heterocycles. The molecule has 20 heavy (non-hydrogen) atoms. The number of hydrogen-bond donors (Lipinski definition) is 2. The molecule has 4 amide bonds. The average Bonchev–Trinajstić information content (AvgIpc) is 2.90. The van der Waals surface area contributed by atoms with E-state index in [2.05, 4.69) is 10.6 Å². The van der Waals surface area contributed by atoms with E-state index in [4.69, 9.17) is 0 Å². The molecule has 0 spiro atoms. The van der Waals surface area contributed by atoms with E-state index in [0.717, 1.165) is 4.90 Å². The van der Waals surface area contributed by atoms with Crippen molar-refractivity contribution in [2.24, 2.45) is 0 Å². The van der Waals surface area contributed by atoms with Crippen LogP contribution >= 0.6 is 11.3 Å². The maximum absolute atomic E-state index is 12.1. The van der Waals surface area contributed by atoms with Gasteiger partial charge in [0.2, 0.25) is 17.7 Å². The van der Waals surface area contributed by atoms with Gasteiger partial charge in [0.25, 0.3) is 5.91 Å². The van der Waals surface area contributed by atoms with Gasteiger partial charge < -0.3 is 10.2 Å². The Balaban J connectivity index is 1.96. The highest BCUT2D eigenvalue weighted by atomic mass is 32.1. The van der Waals surface area contributed by atoms with Crippen LogP contribution in [0.5, 0.6) is 0 Å². The highest BCUT2D eigenvalue weighted by molar-refractivity contribution is 7.12. The van der Waals surface area contributed by atoms with Crippen LogP contribution in [0.2, 0.25) is 0 Å². The molecule has 0 aliphatic carbocycles. The topological polar surface area (TPSA) is 95.6 Å². The van der Waals surface area contributed by atoms with Crippen LogP contribution in [0.15, 0.2) is 17.5 Å². The van der Waals surface area contributed by atoms with Gasteiger partial charge in [0.1, 0.15) is 19.1 Å². The molecule has 1 saturated heterocycles. The van der Waals surface area contributed by atoms with Gasteiger partial charge in [0, 0.05) is 0 Å². The largest absolute Gasteiger partial charge is 0.340 e. The summed E-state index contributed by atoms with van der Waals surface area (Å²) in [6.45, 7) is 1.17. The molecular formula is C12H13N3O4S. The lowest BCUT2D eigenvalue weighted by molar-refractivity contribution is -0.146. The molecule has 1 fully saturated rings. The third-order valence-electron chi connectivity index (χ3n) is 2.72. The van der Waals surface area contributed by atoms with Crippen molar-refractivity contribution in [3.05, 3.63) is 22.4 Å². The Morgan fingerprint density at radius 1 is 1.35 bits per heavy atom. The summed E-state index contributed by atoms with van der Waals surface area (Å²) >= 11 is 1.27. The summed E-state index contributed by atoms with van der Waals surface area (Å²) in [7, 11) is 0. The summed E-state index contributed by atoms with van der Waals surface area (Å²) in [6, 6.07) is 2.58. The van der Waals surface area contributed by atoms with Crippen LogP contribution in [-0.4, -0.2) is 47.7 Å². The first kappa shape index (κ1) is 14.2. The first-order valence-electron chi connectivity index (χ1n) is 5.93. The van der Waals surface area contributed by atoms with Crippen LogP contribution < -0.4 is 10.6 Å². The van der Waals surface area contributed by atoms with Gasteiger partial charge in [-0.25, -0.2) is 0 Å². The number of carbonyl (C=O) groups excluding carboxylic acids is 4. The summed E-state index contributed by atoms with van der Waals surface area (Å²) in [6.07, 6.45) is 0. The lowest BCUT2D eigenvalue weighted by atomic mass is 10.2. The van der Waals surface area contributed by atoms with Gasteiger partial charge in [0.15, 0.2) is 0 Å². The van der Waals surface area contributed by atoms with Crippen LogP contribution in [0.4, 0.5) is 0 Å². The summed E-state index contributed by atoms with van der Waals surface area (Å²) in [5, 5.41) is 6.41. The molecule has 2 N–H and O–H groups in total. The predicted octanol–water partition coefficient (Wildman–Crippen LogP) is -0.649.